The van der Waals surface area contributed by atoms with Gasteiger partial charge in [0.05, 0.1) is 17.1 Å². The van der Waals surface area contributed by atoms with Crippen LogP contribution in [0.15, 0.2) is 81.1 Å². The Kier molecular flexibility index (Phi) is 6.46. The van der Waals surface area contributed by atoms with E-state index in [-0.39, 0.29) is 17.3 Å². The van der Waals surface area contributed by atoms with Gasteiger partial charge in [0.15, 0.2) is 0 Å². The molecule has 0 unspecified atom stereocenters. The van der Waals surface area contributed by atoms with E-state index in [4.69, 9.17) is 4.74 Å². The lowest BCUT2D eigenvalue weighted by atomic mass is 10.2. The smallest absolute Gasteiger partial charge is 0.282 e. The van der Waals surface area contributed by atoms with Crippen molar-refractivity contribution in [1.82, 2.24) is 9.66 Å². The average molecular weight is 494 g/mol. The van der Waals surface area contributed by atoms with Crippen LogP contribution in [-0.2, 0) is 6.61 Å². The molecule has 7 heteroatoms. The number of hydrogen-bond donors (Lipinski definition) is 0. The highest BCUT2D eigenvalue weighted by atomic mass is 79.9. The van der Waals surface area contributed by atoms with Gasteiger partial charge in [-0.25, -0.2) is 9.37 Å². The average Bonchev–Trinajstić information content (AvgIpc) is 2.79. The summed E-state index contributed by atoms with van der Waals surface area (Å²) in [4.78, 5) is 17.7. The molecule has 5 nitrogen and oxygen atoms in total. The Morgan fingerprint density at radius 3 is 2.50 bits per heavy atom. The Bertz CT molecular complexity index is 1330. The zero-order valence-corrected chi connectivity index (χ0v) is 19.2. The van der Waals surface area contributed by atoms with Crippen LogP contribution in [0.2, 0.25) is 0 Å². The highest BCUT2D eigenvalue weighted by Crippen LogP contribution is 2.19. The fourth-order valence-corrected chi connectivity index (χ4v) is 3.53. The Hall–Kier alpha value is -3.32. The molecular formula is C25H21BrFN3O2. The van der Waals surface area contributed by atoms with Gasteiger partial charge in [0.1, 0.15) is 24.0 Å². The van der Waals surface area contributed by atoms with Gasteiger partial charge in [-0.3, -0.25) is 4.79 Å². The SMILES string of the molecule is CC(C)c1nc2ccc(Br)cc2c(=O)n1N=Cc1ccc(OCc2ccc(F)cc2)cc1. The molecule has 0 amide bonds. The van der Waals surface area contributed by atoms with Crippen LogP contribution in [0.3, 0.4) is 0 Å². The molecule has 162 valence electrons. The van der Waals surface area contributed by atoms with Crippen LogP contribution < -0.4 is 10.3 Å². The van der Waals surface area contributed by atoms with E-state index >= 15 is 0 Å². The summed E-state index contributed by atoms with van der Waals surface area (Å²) in [6, 6.07) is 19.0. The third-order valence-corrected chi connectivity index (χ3v) is 5.36. The minimum absolute atomic E-state index is 0.0233. The summed E-state index contributed by atoms with van der Waals surface area (Å²) in [5.41, 5.74) is 2.13. The molecule has 0 radical (unpaired) electrons. The molecule has 0 fully saturated rings. The summed E-state index contributed by atoms with van der Waals surface area (Å²) in [5.74, 6) is 1.03. The number of hydrogen-bond acceptors (Lipinski definition) is 4. The van der Waals surface area contributed by atoms with Crippen LogP contribution in [-0.4, -0.2) is 15.9 Å². The molecule has 1 heterocycles. The van der Waals surface area contributed by atoms with Gasteiger partial charge in [0.2, 0.25) is 0 Å². The van der Waals surface area contributed by atoms with Gasteiger partial charge >= 0.3 is 0 Å². The van der Waals surface area contributed by atoms with Crippen molar-refractivity contribution in [3.05, 3.63) is 104 Å². The number of nitrogens with zero attached hydrogens (tertiary/aromatic N) is 3. The third-order valence-electron chi connectivity index (χ3n) is 4.87. The molecule has 3 aromatic carbocycles. The van der Waals surface area contributed by atoms with E-state index in [2.05, 4.69) is 26.0 Å². The predicted octanol–water partition coefficient (Wildman–Crippen LogP) is 5.88. The zero-order valence-electron chi connectivity index (χ0n) is 17.6. The lowest BCUT2D eigenvalue weighted by Crippen LogP contribution is -2.23. The molecule has 0 aliphatic heterocycles. The highest BCUT2D eigenvalue weighted by molar-refractivity contribution is 9.10. The lowest BCUT2D eigenvalue weighted by Gasteiger charge is -2.12. The summed E-state index contributed by atoms with van der Waals surface area (Å²) < 4.78 is 20.9. The molecule has 0 saturated carbocycles. The normalized spacial score (nSPS) is 11.5. The monoisotopic (exact) mass is 493 g/mol. The number of fused-ring (bicyclic) bond motifs is 1. The second-order valence-electron chi connectivity index (χ2n) is 7.63. The first kappa shape index (κ1) is 21.9. The van der Waals surface area contributed by atoms with Gasteiger partial charge < -0.3 is 4.74 Å². The molecule has 0 saturated heterocycles. The molecule has 0 spiro atoms. The first-order valence-corrected chi connectivity index (χ1v) is 10.9. The fraction of sp³-hybridized carbons (Fsp3) is 0.160. The molecule has 4 aromatic rings. The van der Waals surface area contributed by atoms with Crippen LogP contribution in [0.5, 0.6) is 5.75 Å². The molecule has 0 atom stereocenters. The Morgan fingerprint density at radius 1 is 1.09 bits per heavy atom. The number of halogens is 2. The molecule has 0 N–H and O–H groups in total. The lowest BCUT2D eigenvalue weighted by molar-refractivity contribution is 0.306. The van der Waals surface area contributed by atoms with Gasteiger partial charge in [0, 0.05) is 10.4 Å². The second-order valence-corrected chi connectivity index (χ2v) is 8.55. The van der Waals surface area contributed by atoms with Crippen molar-refractivity contribution in [2.24, 2.45) is 5.10 Å². The van der Waals surface area contributed by atoms with E-state index < -0.39 is 0 Å². The van der Waals surface area contributed by atoms with Crippen LogP contribution in [0.4, 0.5) is 4.39 Å². The summed E-state index contributed by atoms with van der Waals surface area (Å²) in [6.45, 7) is 4.30. The van der Waals surface area contributed by atoms with Crippen molar-refractivity contribution >= 4 is 33.0 Å². The van der Waals surface area contributed by atoms with Gasteiger partial charge in [-0.1, -0.05) is 41.9 Å². The maximum absolute atomic E-state index is 13.1. The van der Waals surface area contributed by atoms with Crippen LogP contribution in [0.1, 0.15) is 36.7 Å². The van der Waals surface area contributed by atoms with Gasteiger partial charge in [0.25, 0.3) is 5.56 Å². The van der Waals surface area contributed by atoms with Gasteiger partial charge in [-0.05, 0) is 65.7 Å². The molecule has 0 aliphatic carbocycles. The predicted molar refractivity (Wildman–Crippen MR) is 128 cm³/mol. The number of rotatable bonds is 6. The quantitative estimate of drug-likeness (QED) is 0.315. The standard InChI is InChI=1S/C25H21BrFN3O2/c1-16(2)24-29-23-12-7-19(26)13-22(23)25(31)30(24)28-14-17-5-10-21(11-6-17)32-15-18-3-8-20(27)9-4-18/h3-14,16H,15H2,1-2H3. The van der Waals surface area contributed by atoms with Crippen molar-refractivity contribution in [2.45, 2.75) is 26.4 Å². The molecule has 0 aliphatic rings. The Morgan fingerprint density at radius 2 is 1.81 bits per heavy atom. The third kappa shape index (κ3) is 4.94. The number of benzene rings is 3. The minimum atomic E-state index is -0.272. The zero-order chi connectivity index (χ0) is 22.7. The minimum Gasteiger partial charge on any atom is -0.489 e. The first-order chi connectivity index (χ1) is 15.4. The summed E-state index contributed by atoms with van der Waals surface area (Å²) in [5, 5.41) is 4.94. The van der Waals surface area contributed by atoms with Gasteiger partial charge in [-0.15, -0.1) is 0 Å². The van der Waals surface area contributed by atoms with Crippen molar-refractivity contribution < 1.29 is 9.13 Å². The van der Waals surface area contributed by atoms with Crippen molar-refractivity contribution in [3.63, 3.8) is 0 Å². The van der Waals surface area contributed by atoms with Crippen molar-refractivity contribution in [3.8, 4) is 5.75 Å². The van der Waals surface area contributed by atoms with E-state index in [9.17, 15) is 9.18 Å². The molecular weight excluding hydrogens is 473 g/mol. The fourth-order valence-electron chi connectivity index (χ4n) is 3.17. The largest absolute Gasteiger partial charge is 0.489 e. The van der Waals surface area contributed by atoms with E-state index in [0.29, 0.717) is 29.1 Å². The van der Waals surface area contributed by atoms with Crippen molar-refractivity contribution in [2.75, 3.05) is 0 Å². The molecule has 32 heavy (non-hydrogen) atoms. The summed E-state index contributed by atoms with van der Waals surface area (Å²) in [6.07, 6.45) is 1.63. The Labute approximate surface area is 193 Å². The maximum atomic E-state index is 13.1. The van der Waals surface area contributed by atoms with Crippen LogP contribution in [0.25, 0.3) is 10.9 Å². The van der Waals surface area contributed by atoms with E-state index in [1.807, 2.05) is 50.2 Å². The van der Waals surface area contributed by atoms with E-state index in [1.54, 1.807) is 24.4 Å². The van der Waals surface area contributed by atoms with Crippen LogP contribution >= 0.6 is 15.9 Å². The topological polar surface area (TPSA) is 56.5 Å². The maximum Gasteiger partial charge on any atom is 0.282 e. The van der Waals surface area contributed by atoms with Gasteiger partial charge in [-0.2, -0.15) is 9.78 Å². The van der Waals surface area contributed by atoms with E-state index in [0.717, 1.165) is 15.6 Å². The molecule has 4 rings (SSSR count). The van der Waals surface area contributed by atoms with Crippen LogP contribution in [0, 0.1) is 5.82 Å². The molecule has 1 aromatic heterocycles. The molecule has 0 bridgehead atoms. The number of aromatic nitrogens is 2. The summed E-state index contributed by atoms with van der Waals surface area (Å²) >= 11 is 3.41. The van der Waals surface area contributed by atoms with Crippen molar-refractivity contribution in [1.29, 1.82) is 0 Å². The summed E-state index contributed by atoms with van der Waals surface area (Å²) in [7, 11) is 0. The number of ether oxygens (including phenoxy) is 1. The Balaban J connectivity index is 1.56. The highest BCUT2D eigenvalue weighted by Gasteiger charge is 2.13. The first-order valence-electron chi connectivity index (χ1n) is 10.1. The van der Waals surface area contributed by atoms with E-state index in [1.165, 1.54) is 16.8 Å². The second kappa shape index (κ2) is 9.44.